The van der Waals surface area contributed by atoms with Gasteiger partial charge in [0.25, 0.3) is 0 Å². The summed E-state index contributed by atoms with van der Waals surface area (Å²) in [6, 6.07) is 5.48. The first kappa shape index (κ1) is 18.1. The number of likely N-dealkylation sites (tertiary alicyclic amines) is 1. The van der Waals surface area contributed by atoms with Gasteiger partial charge in [-0.25, -0.2) is 4.98 Å². The smallest absolute Gasteiger partial charge is 0.229 e. The minimum atomic E-state index is -0.378. The van der Waals surface area contributed by atoms with Crippen LogP contribution in [0.3, 0.4) is 0 Å². The molecule has 25 heavy (non-hydrogen) atoms. The molecule has 7 heteroatoms. The topological polar surface area (TPSA) is 62.3 Å². The molecule has 2 aromatic rings. The fourth-order valence-electron chi connectivity index (χ4n) is 2.98. The Morgan fingerprint density at radius 2 is 1.96 bits per heavy atom. The zero-order chi connectivity index (χ0) is 18.2. The Morgan fingerprint density at radius 3 is 2.60 bits per heavy atom. The van der Waals surface area contributed by atoms with E-state index in [9.17, 15) is 9.59 Å². The zero-order valence-electron chi connectivity index (χ0n) is 14.6. The number of anilines is 1. The van der Waals surface area contributed by atoms with Crippen molar-refractivity contribution in [3.63, 3.8) is 0 Å². The lowest BCUT2D eigenvalue weighted by Gasteiger charge is -2.35. The number of piperidine rings is 1. The number of hydrogen-bond acceptors (Lipinski definition) is 4. The normalized spacial score (nSPS) is 16.2. The Labute approximate surface area is 156 Å². The van der Waals surface area contributed by atoms with Gasteiger partial charge in [-0.1, -0.05) is 43.7 Å². The summed E-state index contributed by atoms with van der Waals surface area (Å²) in [5.41, 5.74) is 0.451. The number of carbonyl (C=O) groups is 2. The van der Waals surface area contributed by atoms with Gasteiger partial charge >= 0.3 is 0 Å². The second kappa shape index (κ2) is 6.92. The molecule has 5 nitrogen and oxygen atoms in total. The molecule has 1 aliphatic heterocycles. The zero-order valence-corrected chi connectivity index (χ0v) is 16.2. The van der Waals surface area contributed by atoms with Gasteiger partial charge in [-0.2, -0.15) is 0 Å². The predicted octanol–water partition coefficient (Wildman–Crippen LogP) is 4.17. The van der Waals surface area contributed by atoms with Crippen LogP contribution in [0.15, 0.2) is 18.2 Å². The minimum absolute atomic E-state index is 0.0204. The highest BCUT2D eigenvalue weighted by Crippen LogP contribution is 2.29. The summed E-state index contributed by atoms with van der Waals surface area (Å²) in [5, 5.41) is 4.17. The number of benzene rings is 1. The standard InChI is InChI=1S/C18H22ClN3O2S/c1-18(2,3)16(24)22-8-6-11(7-9-22)15(23)21-17-20-13-5-4-12(19)10-14(13)25-17/h4-5,10-11H,6-9H2,1-3H3,(H,20,21,23). The summed E-state index contributed by atoms with van der Waals surface area (Å²) in [6.07, 6.45) is 1.37. The molecule has 1 aliphatic rings. The Bertz CT molecular complexity index is 804. The molecule has 0 spiro atoms. The number of thiazole rings is 1. The molecular formula is C18H22ClN3O2S. The van der Waals surface area contributed by atoms with E-state index < -0.39 is 0 Å². The maximum atomic E-state index is 12.5. The molecule has 0 bridgehead atoms. The summed E-state index contributed by atoms with van der Waals surface area (Å²) < 4.78 is 0.952. The second-order valence-corrected chi connectivity index (χ2v) is 8.90. The van der Waals surface area contributed by atoms with Crippen LogP contribution in [0.1, 0.15) is 33.6 Å². The van der Waals surface area contributed by atoms with Gasteiger partial charge in [0.15, 0.2) is 5.13 Å². The lowest BCUT2D eigenvalue weighted by atomic mass is 9.91. The maximum Gasteiger partial charge on any atom is 0.229 e. The third-order valence-corrected chi connectivity index (χ3v) is 5.54. The van der Waals surface area contributed by atoms with E-state index in [0.717, 1.165) is 10.2 Å². The summed E-state index contributed by atoms with van der Waals surface area (Å²) in [7, 11) is 0. The number of carbonyl (C=O) groups excluding carboxylic acids is 2. The van der Waals surface area contributed by atoms with Gasteiger partial charge < -0.3 is 10.2 Å². The first-order valence-electron chi connectivity index (χ1n) is 8.40. The molecule has 0 saturated carbocycles. The van der Waals surface area contributed by atoms with E-state index in [-0.39, 0.29) is 23.1 Å². The van der Waals surface area contributed by atoms with Gasteiger partial charge in [0.2, 0.25) is 11.8 Å². The van der Waals surface area contributed by atoms with Crippen LogP contribution in [0.25, 0.3) is 10.2 Å². The number of nitrogens with zero attached hydrogens (tertiary/aromatic N) is 2. The first-order chi connectivity index (χ1) is 11.7. The molecule has 0 atom stereocenters. The van der Waals surface area contributed by atoms with Crippen molar-refractivity contribution in [2.24, 2.45) is 11.3 Å². The third kappa shape index (κ3) is 4.12. The van der Waals surface area contributed by atoms with Gasteiger partial charge in [0, 0.05) is 29.4 Å². The number of rotatable bonds is 2. The Balaban J connectivity index is 1.60. The van der Waals surface area contributed by atoms with Gasteiger partial charge in [0.05, 0.1) is 10.2 Å². The van der Waals surface area contributed by atoms with Gasteiger partial charge in [0.1, 0.15) is 0 Å². The number of halogens is 1. The fourth-order valence-corrected chi connectivity index (χ4v) is 4.12. The van der Waals surface area contributed by atoms with Crippen LogP contribution in [0.4, 0.5) is 5.13 Å². The molecule has 1 saturated heterocycles. The van der Waals surface area contributed by atoms with Crippen LogP contribution in [-0.4, -0.2) is 34.8 Å². The number of hydrogen-bond donors (Lipinski definition) is 1. The van der Waals surface area contributed by atoms with E-state index in [0.29, 0.717) is 36.1 Å². The van der Waals surface area contributed by atoms with Crippen molar-refractivity contribution >= 4 is 50.1 Å². The number of nitrogens with one attached hydrogen (secondary N) is 1. The average molecular weight is 380 g/mol. The van der Waals surface area contributed by atoms with E-state index in [1.165, 1.54) is 11.3 Å². The molecule has 3 rings (SSSR count). The molecule has 0 unspecified atom stereocenters. The Hall–Kier alpha value is -1.66. The molecule has 2 amide bonds. The van der Waals surface area contributed by atoms with Crippen LogP contribution in [0.2, 0.25) is 5.02 Å². The van der Waals surface area contributed by atoms with Crippen molar-refractivity contribution < 1.29 is 9.59 Å². The largest absolute Gasteiger partial charge is 0.342 e. The first-order valence-corrected chi connectivity index (χ1v) is 9.60. The molecule has 1 aromatic heterocycles. The highest BCUT2D eigenvalue weighted by molar-refractivity contribution is 7.22. The highest BCUT2D eigenvalue weighted by Gasteiger charge is 2.32. The average Bonchev–Trinajstić information content (AvgIpc) is 2.94. The quantitative estimate of drug-likeness (QED) is 0.851. The second-order valence-electron chi connectivity index (χ2n) is 7.44. The fraction of sp³-hybridized carbons (Fsp3) is 0.500. The molecule has 1 fully saturated rings. The lowest BCUT2D eigenvalue weighted by molar-refractivity contribution is -0.142. The van der Waals surface area contributed by atoms with Crippen molar-refractivity contribution in [3.8, 4) is 0 Å². The molecule has 2 heterocycles. The van der Waals surface area contributed by atoms with E-state index in [1.54, 1.807) is 6.07 Å². The third-order valence-electron chi connectivity index (χ3n) is 4.38. The van der Waals surface area contributed by atoms with Crippen LogP contribution < -0.4 is 5.32 Å². The van der Waals surface area contributed by atoms with Crippen LogP contribution in [0, 0.1) is 11.3 Å². The Kier molecular flexibility index (Phi) is 5.02. The summed E-state index contributed by atoms with van der Waals surface area (Å²) in [5.74, 6) is 0.0436. The summed E-state index contributed by atoms with van der Waals surface area (Å²) in [6.45, 7) is 7.03. The van der Waals surface area contributed by atoms with Crippen molar-refractivity contribution in [2.45, 2.75) is 33.6 Å². The van der Waals surface area contributed by atoms with Crippen LogP contribution in [-0.2, 0) is 9.59 Å². The van der Waals surface area contributed by atoms with Crippen molar-refractivity contribution in [2.75, 3.05) is 18.4 Å². The number of aromatic nitrogens is 1. The highest BCUT2D eigenvalue weighted by atomic mass is 35.5. The van der Waals surface area contributed by atoms with Gasteiger partial charge in [-0.3, -0.25) is 9.59 Å². The van der Waals surface area contributed by atoms with Crippen LogP contribution in [0.5, 0.6) is 0 Å². The molecule has 1 aromatic carbocycles. The predicted molar refractivity (Wildman–Crippen MR) is 102 cm³/mol. The lowest BCUT2D eigenvalue weighted by Crippen LogP contribution is -2.45. The van der Waals surface area contributed by atoms with E-state index >= 15 is 0 Å². The van der Waals surface area contributed by atoms with Gasteiger partial charge in [-0.05, 0) is 31.0 Å². The van der Waals surface area contributed by atoms with E-state index in [2.05, 4.69) is 10.3 Å². The monoisotopic (exact) mass is 379 g/mol. The molecule has 134 valence electrons. The summed E-state index contributed by atoms with van der Waals surface area (Å²) in [4.78, 5) is 31.1. The van der Waals surface area contributed by atoms with Crippen molar-refractivity contribution in [3.05, 3.63) is 23.2 Å². The maximum absolute atomic E-state index is 12.5. The molecular weight excluding hydrogens is 358 g/mol. The Morgan fingerprint density at radius 1 is 1.28 bits per heavy atom. The molecule has 0 radical (unpaired) electrons. The number of amides is 2. The van der Waals surface area contributed by atoms with E-state index in [1.807, 2.05) is 37.8 Å². The van der Waals surface area contributed by atoms with Gasteiger partial charge in [-0.15, -0.1) is 0 Å². The van der Waals surface area contributed by atoms with E-state index in [4.69, 9.17) is 11.6 Å². The summed E-state index contributed by atoms with van der Waals surface area (Å²) >= 11 is 7.41. The molecule has 0 aliphatic carbocycles. The minimum Gasteiger partial charge on any atom is -0.342 e. The number of fused-ring (bicyclic) bond motifs is 1. The SMILES string of the molecule is CC(C)(C)C(=O)N1CCC(C(=O)Nc2nc3ccc(Cl)cc3s2)CC1. The van der Waals surface area contributed by atoms with Crippen LogP contribution >= 0.6 is 22.9 Å². The molecule has 1 N–H and O–H groups in total. The van der Waals surface area contributed by atoms with Crippen molar-refractivity contribution in [1.82, 2.24) is 9.88 Å². The van der Waals surface area contributed by atoms with Crippen molar-refractivity contribution in [1.29, 1.82) is 0 Å².